The normalized spacial score (nSPS) is 13.5. The second-order valence-electron chi connectivity index (χ2n) is 2.74. The Bertz CT molecular complexity index is 426. The van der Waals surface area contributed by atoms with E-state index in [2.05, 4.69) is 0 Å². The van der Waals surface area contributed by atoms with Crippen LogP contribution in [0.4, 0.5) is 0 Å². The molecule has 6 heteroatoms. The molecule has 0 aliphatic carbocycles. The molecule has 5 nitrogen and oxygen atoms in total. The number of hydrogen-bond donors (Lipinski definition) is 0. The van der Waals surface area contributed by atoms with Gasteiger partial charge >= 0.3 is 5.37 Å². The second kappa shape index (κ2) is 3.75. The molecule has 0 heterocycles. The first kappa shape index (κ1) is 10.6. The van der Waals surface area contributed by atoms with Crippen molar-refractivity contribution in [3.8, 4) is 0 Å². The van der Waals surface area contributed by atoms with E-state index in [1.54, 1.807) is 6.07 Å². The van der Waals surface area contributed by atoms with Crippen molar-refractivity contribution in [2.24, 2.45) is 0 Å². The number of hydrogen-bond acceptors (Lipinski definition) is 4. The number of benzene rings is 1. The van der Waals surface area contributed by atoms with Crippen molar-refractivity contribution in [2.75, 3.05) is 0 Å². The summed E-state index contributed by atoms with van der Waals surface area (Å²) in [6.07, 6.45) is 0. The molecular weight excluding hydrogens is 206 g/mol. The van der Waals surface area contributed by atoms with Crippen molar-refractivity contribution in [3.05, 3.63) is 40.4 Å². The summed E-state index contributed by atoms with van der Waals surface area (Å²) in [6, 6.07) is 7.39. The smallest absolute Gasteiger partial charge is 0.263 e. The molecule has 1 aromatic rings. The van der Waals surface area contributed by atoms with Gasteiger partial charge in [0.15, 0.2) is 0 Å². The first-order valence-corrected chi connectivity index (χ1v) is 5.43. The van der Waals surface area contributed by atoms with Gasteiger partial charge in [0, 0.05) is 11.8 Å². The summed E-state index contributed by atoms with van der Waals surface area (Å²) in [5, 5.41) is 8.74. The molecular formula is C8H9NO4S. The van der Waals surface area contributed by atoms with Crippen LogP contribution in [0.3, 0.4) is 0 Å². The minimum atomic E-state index is -3.84. The molecule has 0 fully saturated rings. The highest BCUT2D eigenvalue weighted by Crippen LogP contribution is 2.15. The third-order valence-corrected chi connectivity index (χ3v) is 3.82. The molecule has 0 bridgehead atoms. The van der Waals surface area contributed by atoms with E-state index in [9.17, 15) is 18.5 Å². The predicted octanol–water partition coefficient (Wildman–Crippen LogP) is 1.08. The molecule has 0 aliphatic heterocycles. The van der Waals surface area contributed by atoms with E-state index in [0.29, 0.717) is 0 Å². The van der Waals surface area contributed by atoms with Crippen molar-refractivity contribution in [3.63, 3.8) is 0 Å². The van der Waals surface area contributed by atoms with Crippen LogP contribution in [0.5, 0.6) is 0 Å². The van der Waals surface area contributed by atoms with E-state index in [0.717, 1.165) is 6.92 Å². The van der Waals surface area contributed by atoms with Gasteiger partial charge < -0.3 is 0 Å². The summed E-state index contributed by atoms with van der Waals surface area (Å²) in [5.41, 5.74) is 0. The van der Waals surface area contributed by atoms with E-state index >= 15 is 0 Å². The fraction of sp³-hybridized carbons (Fsp3) is 0.250. The van der Waals surface area contributed by atoms with Gasteiger partial charge in [-0.2, -0.15) is 0 Å². The summed E-state index contributed by atoms with van der Waals surface area (Å²) in [4.78, 5) is 9.50. The molecule has 1 atom stereocenters. The quantitative estimate of drug-likeness (QED) is 0.558. The monoisotopic (exact) mass is 215 g/mol. The van der Waals surface area contributed by atoms with E-state index in [1.807, 2.05) is 0 Å². The second-order valence-corrected chi connectivity index (χ2v) is 4.99. The molecule has 1 rings (SSSR count). The van der Waals surface area contributed by atoms with Crippen LogP contribution in [0.2, 0.25) is 0 Å². The average molecular weight is 215 g/mol. The largest absolute Gasteiger partial charge is 0.311 e. The SMILES string of the molecule is C[C@H]([N+](=O)[O-])S(=O)(=O)c1ccccc1. The minimum Gasteiger partial charge on any atom is -0.263 e. The minimum absolute atomic E-state index is 0.0239. The van der Waals surface area contributed by atoms with Gasteiger partial charge in [-0.15, -0.1) is 0 Å². The van der Waals surface area contributed by atoms with Crippen molar-refractivity contribution >= 4 is 9.84 Å². The number of sulfone groups is 1. The Morgan fingerprint density at radius 1 is 1.29 bits per heavy atom. The molecule has 76 valence electrons. The molecule has 0 amide bonds. The Kier molecular flexibility index (Phi) is 2.85. The zero-order chi connectivity index (χ0) is 10.8. The fourth-order valence-corrected chi connectivity index (χ4v) is 2.08. The lowest BCUT2D eigenvalue weighted by Crippen LogP contribution is -2.26. The number of nitro groups is 1. The van der Waals surface area contributed by atoms with Crippen molar-refractivity contribution in [1.29, 1.82) is 0 Å². The van der Waals surface area contributed by atoms with E-state index < -0.39 is 20.1 Å². The van der Waals surface area contributed by atoms with Gasteiger partial charge in [-0.1, -0.05) is 18.2 Å². The van der Waals surface area contributed by atoms with Gasteiger partial charge in [-0.3, -0.25) is 10.1 Å². The van der Waals surface area contributed by atoms with Gasteiger partial charge in [0.2, 0.25) is 9.84 Å². The first-order chi connectivity index (χ1) is 6.46. The van der Waals surface area contributed by atoms with Gasteiger partial charge in [0.1, 0.15) is 0 Å². The van der Waals surface area contributed by atoms with Crippen molar-refractivity contribution < 1.29 is 13.3 Å². The maximum absolute atomic E-state index is 11.5. The van der Waals surface area contributed by atoms with Crippen molar-refractivity contribution in [2.45, 2.75) is 17.2 Å². The Morgan fingerprint density at radius 2 is 1.79 bits per heavy atom. The zero-order valence-electron chi connectivity index (χ0n) is 7.45. The standard InChI is InChI=1S/C8H9NO4S/c1-7(9(10)11)14(12,13)8-5-3-2-4-6-8/h2-7H,1H3/t7-/m1/s1. The fourth-order valence-electron chi connectivity index (χ4n) is 0.920. The Hall–Kier alpha value is -1.43. The molecule has 0 aliphatic rings. The Labute approximate surface area is 81.4 Å². The topological polar surface area (TPSA) is 77.3 Å². The predicted molar refractivity (Wildman–Crippen MR) is 50.1 cm³/mol. The van der Waals surface area contributed by atoms with Gasteiger partial charge in [0.05, 0.1) is 4.90 Å². The summed E-state index contributed by atoms with van der Waals surface area (Å²) >= 11 is 0. The summed E-state index contributed by atoms with van der Waals surface area (Å²) in [7, 11) is -3.84. The van der Waals surface area contributed by atoms with Crippen LogP contribution in [0.15, 0.2) is 35.2 Å². The van der Waals surface area contributed by atoms with Crippen molar-refractivity contribution in [1.82, 2.24) is 0 Å². The highest BCUT2D eigenvalue weighted by molar-refractivity contribution is 7.91. The molecule has 0 unspecified atom stereocenters. The van der Waals surface area contributed by atoms with Gasteiger partial charge in [-0.05, 0) is 12.1 Å². The Morgan fingerprint density at radius 3 is 2.21 bits per heavy atom. The van der Waals surface area contributed by atoms with Gasteiger partial charge in [-0.25, -0.2) is 8.42 Å². The summed E-state index contributed by atoms with van der Waals surface area (Å²) in [5.74, 6) is 0. The lowest BCUT2D eigenvalue weighted by Gasteiger charge is -2.05. The van der Waals surface area contributed by atoms with Crippen LogP contribution in [-0.4, -0.2) is 18.7 Å². The molecule has 1 aromatic carbocycles. The highest BCUT2D eigenvalue weighted by atomic mass is 32.2. The lowest BCUT2D eigenvalue weighted by molar-refractivity contribution is -0.493. The zero-order valence-corrected chi connectivity index (χ0v) is 8.27. The molecule has 0 radical (unpaired) electrons. The molecule has 0 saturated heterocycles. The van der Waals surface area contributed by atoms with E-state index in [1.165, 1.54) is 24.3 Å². The third kappa shape index (κ3) is 1.90. The summed E-state index contributed by atoms with van der Waals surface area (Å²) < 4.78 is 23.1. The van der Waals surface area contributed by atoms with Crippen LogP contribution in [0, 0.1) is 10.1 Å². The first-order valence-electron chi connectivity index (χ1n) is 3.88. The average Bonchev–Trinajstić information content (AvgIpc) is 2.18. The Balaban J connectivity index is 3.16. The highest BCUT2D eigenvalue weighted by Gasteiger charge is 2.32. The van der Waals surface area contributed by atoms with Crippen LogP contribution in [0.25, 0.3) is 0 Å². The molecule has 14 heavy (non-hydrogen) atoms. The van der Waals surface area contributed by atoms with E-state index in [4.69, 9.17) is 0 Å². The number of rotatable bonds is 3. The van der Waals surface area contributed by atoms with Gasteiger partial charge in [0.25, 0.3) is 0 Å². The summed E-state index contributed by atoms with van der Waals surface area (Å²) in [6.45, 7) is 1.06. The lowest BCUT2D eigenvalue weighted by atomic mass is 10.4. The molecule has 0 saturated carbocycles. The number of nitrogens with zero attached hydrogens (tertiary/aromatic N) is 1. The third-order valence-electron chi connectivity index (χ3n) is 1.82. The maximum atomic E-state index is 11.5. The van der Waals surface area contributed by atoms with Crippen LogP contribution in [-0.2, 0) is 9.84 Å². The van der Waals surface area contributed by atoms with E-state index in [-0.39, 0.29) is 4.90 Å². The maximum Gasteiger partial charge on any atom is 0.311 e. The van der Waals surface area contributed by atoms with Crippen LogP contribution in [0.1, 0.15) is 6.92 Å². The molecule has 0 aromatic heterocycles. The molecule has 0 N–H and O–H groups in total. The van der Waals surface area contributed by atoms with Crippen LogP contribution >= 0.6 is 0 Å². The molecule has 0 spiro atoms. The van der Waals surface area contributed by atoms with Crippen LogP contribution < -0.4 is 0 Å².